The van der Waals surface area contributed by atoms with E-state index in [2.05, 4.69) is 4.98 Å². The van der Waals surface area contributed by atoms with Gasteiger partial charge >= 0.3 is 6.18 Å². The first-order chi connectivity index (χ1) is 7.36. The molecule has 0 bridgehead atoms. The van der Waals surface area contributed by atoms with Crippen molar-refractivity contribution in [3.8, 4) is 6.07 Å². The van der Waals surface area contributed by atoms with E-state index in [1.807, 2.05) is 0 Å². The number of rotatable bonds is 2. The number of Topliss-reactive ketones (excluding diaryl/α,β-unsaturated/α-hetero) is 1. The van der Waals surface area contributed by atoms with Crippen LogP contribution < -0.4 is 0 Å². The molecule has 0 spiro atoms. The van der Waals surface area contributed by atoms with Gasteiger partial charge in [0.15, 0.2) is 0 Å². The lowest BCUT2D eigenvalue weighted by Crippen LogP contribution is -2.15. The van der Waals surface area contributed by atoms with Gasteiger partial charge in [-0.25, -0.2) is 4.39 Å². The van der Waals surface area contributed by atoms with Crippen LogP contribution in [-0.4, -0.2) is 16.9 Å². The van der Waals surface area contributed by atoms with Crippen molar-refractivity contribution in [3.05, 3.63) is 29.6 Å². The standard InChI is InChI=1S/C9H4F4N2O/c10-6(3-14)8(16)5-1-2-7(15-4-5)9(11,12)13/h1-2,4,6H. The van der Waals surface area contributed by atoms with E-state index < -0.39 is 23.8 Å². The number of alkyl halides is 4. The monoisotopic (exact) mass is 232 g/mol. The lowest BCUT2D eigenvalue weighted by atomic mass is 10.1. The van der Waals surface area contributed by atoms with Gasteiger partial charge in [-0.15, -0.1) is 0 Å². The highest BCUT2D eigenvalue weighted by Gasteiger charge is 2.32. The Hall–Kier alpha value is -1.97. The van der Waals surface area contributed by atoms with Gasteiger partial charge in [0.2, 0.25) is 12.0 Å². The number of nitriles is 1. The number of halogens is 4. The number of aromatic nitrogens is 1. The summed E-state index contributed by atoms with van der Waals surface area (Å²) in [5.74, 6) is -1.20. The summed E-state index contributed by atoms with van der Waals surface area (Å²) >= 11 is 0. The Balaban J connectivity index is 2.97. The predicted molar refractivity (Wildman–Crippen MR) is 44.1 cm³/mol. The molecular weight excluding hydrogens is 228 g/mol. The van der Waals surface area contributed by atoms with Crippen molar-refractivity contribution in [1.29, 1.82) is 5.26 Å². The minimum atomic E-state index is -4.62. The van der Waals surface area contributed by atoms with Crippen LogP contribution >= 0.6 is 0 Å². The van der Waals surface area contributed by atoms with E-state index >= 15 is 0 Å². The van der Waals surface area contributed by atoms with Crippen molar-refractivity contribution in [3.63, 3.8) is 0 Å². The van der Waals surface area contributed by atoms with Crippen LogP contribution in [0, 0.1) is 11.3 Å². The van der Waals surface area contributed by atoms with Gasteiger partial charge in [0, 0.05) is 11.8 Å². The van der Waals surface area contributed by atoms with Crippen LogP contribution in [-0.2, 0) is 6.18 Å². The molecule has 0 fully saturated rings. The fraction of sp³-hybridized carbons (Fsp3) is 0.222. The van der Waals surface area contributed by atoms with Crippen LogP contribution in [0.4, 0.5) is 17.6 Å². The van der Waals surface area contributed by atoms with Crippen LogP contribution in [0.25, 0.3) is 0 Å². The molecule has 0 saturated carbocycles. The van der Waals surface area contributed by atoms with Crippen molar-refractivity contribution in [1.82, 2.24) is 4.98 Å². The summed E-state index contributed by atoms with van der Waals surface area (Å²) in [7, 11) is 0. The number of hydrogen-bond donors (Lipinski definition) is 0. The minimum absolute atomic E-state index is 0.373. The normalized spacial score (nSPS) is 12.9. The van der Waals surface area contributed by atoms with E-state index in [9.17, 15) is 22.4 Å². The molecule has 0 aliphatic heterocycles. The number of nitrogens with zero attached hydrogens (tertiary/aromatic N) is 2. The fourth-order valence-corrected chi connectivity index (χ4v) is 0.912. The molecule has 0 aliphatic rings. The number of carbonyl (C=O) groups excluding carboxylic acids is 1. The lowest BCUT2D eigenvalue weighted by molar-refractivity contribution is -0.141. The third-order valence-corrected chi connectivity index (χ3v) is 1.68. The third kappa shape index (κ3) is 2.53. The Morgan fingerprint density at radius 1 is 1.44 bits per heavy atom. The molecule has 1 aromatic heterocycles. The minimum Gasteiger partial charge on any atom is -0.290 e. The Morgan fingerprint density at radius 3 is 2.44 bits per heavy atom. The number of pyridine rings is 1. The first-order valence-corrected chi connectivity index (χ1v) is 3.97. The Kier molecular flexibility index (Phi) is 3.22. The quantitative estimate of drug-likeness (QED) is 0.579. The molecule has 3 nitrogen and oxygen atoms in total. The summed E-state index contributed by atoms with van der Waals surface area (Å²) in [6.45, 7) is 0. The van der Waals surface area contributed by atoms with Crippen LogP contribution in [0.3, 0.4) is 0 Å². The van der Waals surface area contributed by atoms with E-state index in [0.29, 0.717) is 12.3 Å². The summed E-state index contributed by atoms with van der Waals surface area (Å²) in [6, 6.07) is 2.37. The second kappa shape index (κ2) is 4.26. The van der Waals surface area contributed by atoms with Gasteiger partial charge in [-0.1, -0.05) is 0 Å². The van der Waals surface area contributed by atoms with Crippen molar-refractivity contribution in [2.24, 2.45) is 0 Å². The van der Waals surface area contributed by atoms with Crippen molar-refractivity contribution in [2.45, 2.75) is 12.3 Å². The summed E-state index contributed by atoms with van der Waals surface area (Å²) in [5.41, 5.74) is -1.56. The molecule has 0 aromatic carbocycles. The second-order valence-corrected chi connectivity index (χ2v) is 2.79. The van der Waals surface area contributed by atoms with Crippen LogP contribution in [0.5, 0.6) is 0 Å². The summed E-state index contributed by atoms with van der Waals surface area (Å²) < 4.78 is 48.8. The molecule has 0 amide bonds. The van der Waals surface area contributed by atoms with Crippen molar-refractivity contribution < 1.29 is 22.4 Å². The van der Waals surface area contributed by atoms with Crippen LogP contribution in [0.15, 0.2) is 18.3 Å². The number of hydrogen-bond acceptors (Lipinski definition) is 3. The molecule has 1 aromatic rings. The molecule has 1 rings (SSSR count). The van der Waals surface area contributed by atoms with Gasteiger partial charge < -0.3 is 0 Å². The lowest BCUT2D eigenvalue weighted by Gasteiger charge is -2.05. The average Bonchev–Trinajstić information content (AvgIpc) is 2.26. The maximum Gasteiger partial charge on any atom is 0.433 e. The summed E-state index contributed by atoms with van der Waals surface area (Å²) in [6.07, 6.45) is -6.42. The van der Waals surface area contributed by atoms with Gasteiger partial charge in [-0.2, -0.15) is 18.4 Å². The van der Waals surface area contributed by atoms with E-state index in [0.717, 1.165) is 12.1 Å². The fourth-order valence-electron chi connectivity index (χ4n) is 0.912. The SMILES string of the molecule is N#CC(F)C(=O)c1ccc(C(F)(F)F)nc1. The summed E-state index contributed by atoms with van der Waals surface area (Å²) in [4.78, 5) is 14.0. The molecule has 84 valence electrons. The van der Waals surface area contributed by atoms with Gasteiger partial charge in [0.1, 0.15) is 11.8 Å². The molecule has 0 N–H and O–H groups in total. The molecule has 0 radical (unpaired) electrons. The Bertz CT molecular complexity index is 432. The maximum absolute atomic E-state index is 12.6. The van der Waals surface area contributed by atoms with Crippen LogP contribution in [0.1, 0.15) is 16.1 Å². The topological polar surface area (TPSA) is 53.8 Å². The highest BCUT2D eigenvalue weighted by atomic mass is 19.4. The van der Waals surface area contributed by atoms with Crippen molar-refractivity contribution in [2.75, 3.05) is 0 Å². The molecule has 1 unspecified atom stereocenters. The van der Waals surface area contributed by atoms with Crippen molar-refractivity contribution >= 4 is 5.78 Å². The summed E-state index contributed by atoms with van der Waals surface area (Å²) in [5, 5.41) is 8.10. The van der Waals surface area contributed by atoms with E-state index in [1.54, 1.807) is 0 Å². The zero-order valence-electron chi connectivity index (χ0n) is 7.62. The first kappa shape index (κ1) is 12.1. The van der Waals surface area contributed by atoms with Gasteiger partial charge in [-0.05, 0) is 12.1 Å². The van der Waals surface area contributed by atoms with E-state index in [4.69, 9.17) is 5.26 Å². The molecule has 1 atom stereocenters. The largest absolute Gasteiger partial charge is 0.433 e. The highest BCUT2D eigenvalue weighted by molar-refractivity contribution is 6.00. The molecule has 0 aliphatic carbocycles. The van der Waals surface area contributed by atoms with Crippen LogP contribution in [0.2, 0.25) is 0 Å². The molecule has 16 heavy (non-hydrogen) atoms. The Morgan fingerprint density at radius 2 is 2.06 bits per heavy atom. The average molecular weight is 232 g/mol. The molecule has 1 heterocycles. The molecule has 7 heteroatoms. The third-order valence-electron chi connectivity index (χ3n) is 1.68. The zero-order valence-corrected chi connectivity index (χ0v) is 7.62. The smallest absolute Gasteiger partial charge is 0.290 e. The zero-order chi connectivity index (χ0) is 12.3. The first-order valence-electron chi connectivity index (χ1n) is 3.97. The number of carbonyl (C=O) groups is 1. The van der Waals surface area contributed by atoms with Gasteiger partial charge in [0.25, 0.3) is 0 Å². The maximum atomic E-state index is 12.6. The highest BCUT2D eigenvalue weighted by Crippen LogP contribution is 2.27. The van der Waals surface area contributed by atoms with Gasteiger partial charge in [0.05, 0.1) is 0 Å². The van der Waals surface area contributed by atoms with Gasteiger partial charge in [-0.3, -0.25) is 9.78 Å². The predicted octanol–water partition coefficient (Wildman–Crippen LogP) is 2.14. The molecular formula is C9H4F4N2O. The number of ketones is 1. The van der Waals surface area contributed by atoms with E-state index in [-0.39, 0.29) is 5.56 Å². The van der Waals surface area contributed by atoms with E-state index in [1.165, 1.54) is 0 Å². The second-order valence-electron chi connectivity index (χ2n) is 2.79. The molecule has 0 saturated heterocycles. The Labute approximate surface area is 87.3 Å².